The van der Waals surface area contributed by atoms with Crippen LogP contribution in [0.4, 0.5) is 5.69 Å². The van der Waals surface area contributed by atoms with E-state index in [4.69, 9.17) is 27.9 Å². The molecule has 0 aromatic heterocycles. The third-order valence-electron chi connectivity index (χ3n) is 5.45. The molecule has 2 aromatic carbocycles. The maximum atomic E-state index is 13.0. The quantitative estimate of drug-likeness (QED) is 0.600. The Morgan fingerprint density at radius 2 is 1.88 bits per heavy atom. The highest BCUT2D eigenvalue weighted by atomic mass is 35.5. The van der Waals surface area contributed by atoms with Gasteiger partial charge in [-0.25, -0.2) is 17.5 Å². The number of rotatable bonds is 6. The Hall–Kier alpha value is -2.13. The van der Waals surface area contributed by atoms with Gasteiger partial charge in [-0.05, 0) is 49.6 Å². The summed E-state index contributed by atoms with van der Waals surface area (Å²) in [5.41, 5.74) is 1.93. The van der Waals surface area contributed by atoms with Gasteiger partial charge >= 0.3 is 5.97 Å². The Labute approximate surface area is 197 Å². The summed E-state index contributed by atoms with van der Waals surface area (Å²) in [6.45, 7) is 2.19. The lowest BCUT2D eigenvalue weighted by Crippen LogP contribution is -2.44. The molecule has 3 rings (SSSR count). The van der Waals surface area contributed by atoms with Crippen LogP contribution in [0.2, 0.25) is 10.0 Å². The summed E-state index contributed by atoms with van der Waals surface area (Å²) in [5.74, 6) is -1.67. The van der Waals surface area contributed by atoms with Crippen molar-refractivity contribution in [1.82, 2.24) is 4.31 Å². The van der Waals surface area contributed by atoms with Crippen LogP contribution in [0.5, 0.6) is 0 Å². The maximum absolute atomic E-state index is 13.0. The van der Waals surface area contributed by atoms with Gasteiger partial charge < -0.3 is 10.1 Å². The predicted molar refractivity (Wildman–Crippen MR) is 125 cm³/mol. The minimum atomic E-state index is -3.73. The summed E-state index contributed by atoms with van der Waals surface area (Å²) in [6, 6.07) is 9.72. The SMILES string of the molecule is COC(=O)c1ccc(C)c(NC(=O)C2CCCN(S(=O)(=O)Cc3c(Cl)cccc3Cl)C2)c1. The number of ether oxygens (including phenoxy) is 1. The van der Waals surface area contributed by atoms with Crippen molar-refractivity contribution < 1.29 is 22.7 Å². The van der Waals surface area contributed by atoms with Crippen LogP contribution >= 0.6 is 23.2 Å². The maximum Gasteiger partial charge on any atom is 0.337 e. The highest BCUT2D eigenvalue weighted by Gasteiger charge is 2.33. The molecule has 2 aromatic rings. The molecule has 1 unspecified atom stereocenters. The van der Waals surface area contributed by atoms with E-state index in [1.54, 1.807) is 36.4 Å². The average molecular weight is 499 g/mol. The van der Waals surface area contributed by atoms with Crippen LogP contribution in [0.1, 0.15) is 34.3 Å². The predicted octanol–water partition coefficient (Wildman–Crippen LogP) is 4.27. The Kier molecular flexibility index (Phi) is 7.82. The van der Waals surface area contributed by atoms with E-state index in [0.29, 0.717) is 36.2 Å². The van der Waals surface area contributed by atoms with Crippen molar-refractivity contribution in [3.63, 3.8) is 0 Å². The smallest absolute Gasteiger partial charge is 0.337 e. The van der Waals surface area contributed by atoms with Gasteiger partial charge in [0.25, 0.3) is 0 Å². The number of anilines is 1. The van der Waals surface area contributed by atoms with Gasteiger partial charge in [-0.2, -0.15) is 0 Å². The summed E-state index contributed by atoms with van der Waals surface area (Å²) >= 11 is 12.3. The molecule has 32 heavy (non-hydrogen) atoms. The molecule has 1 fully saturated rings. The Morgan fingerprint density at radius 1 is 1.19 bits per heavy atom. The van der Waals surface area contributed by atoms with Gasteiger partial charge in [-0.1, -0.05) is 35.3 Å². The monoisotopic (exact) mass is 498 g/mol. The summed E-state index contributed by atoms with van der Waals surface area (Å²) in [5, 5.41) is 3.40. The number of benzene rings is 2. The van der Waals surface area contributed by atoms with Gasteiger partial charge in [0.1, 0.15) is 0 Å². The molecule has 1 aliphatic heterocycles. The van der Waals surface area contributed by atoms with Crippen LogP contribution in [0.15, 0.2) is 36.4 Å². The molecule has 0 bridgehead atoms. The highest BCUT2D eigenvalue weighted by Crippen LogP contribution is 2.29. The number of aryl methyl sites for hydroxylation is 1. The summed E-state index contributed by atoms with van der Waals surface area (Å²) in [7, 11) is -2.44. The first kappa shape index (κ1) is 24.5. The van der Waals surface area contributed by atoms with E-state index < -0.39 is 21.9 Å². The van der Waals surface area contributed by atoms with E-state index in [1.165, 1.54) is 11.4 Å². The number of methoxy groups -OCH3 is 1. The molecule has 0 aliphatic carbocycles. The number of piperidine rings is 1. The first-order valence-electron chi connectivity index (χ1n) is 10.0. The van der Waals surface area contributed by atoms with Gasteiger partial charge in [0.15, 0.2) is 0 Å². The molecule has 0 spiro atoms. The lowest BCUT2D eigenvalue weighted by atomic mass is 9.98. The second-order valence-corrected chi connectivity index (χ2v) is 10.4. The molecular formula is C22H24Cl2N2O5S. The lowest BCUT2D eigenvalue weighted by Gasteiger charge is -2.31. The fraction of sp³-hybridized carbons (Fsp3) is 0.364. The van der Waals surface area contributed by atoms with Crippen LogP contribution in [0.25, 0.3) is 0 Å². The molecule has 1 atom stereocenters. The number of hydrogen-bond donors (Lipinski definition) is 1. The van der Waals surface area contributed by atoms with Gasteiger partial charge in [0.2, 0.25) is 15.9 Å². The second kappa shape index (κ2) is 10.2. The van der Waals surface area contributed by atoms with Crippen molar-refractivity contribution in [2.75, 3.05) is 25.5 Å². The van der Waals surface area contributed by atoms with Crippen molar-refractivity contribution in [2.24, 2.45) is 5.92 Å². The fourth-order valence-corrected chi connectivity index (χ4v) is 5.95. The third-order valence-corrected chi connectivity index (χ3v) is 7.93. The normalized spacial score (nSPS) is 17.1. The topological polar surface area (TPSA) is 92.8 Å². The van der Waals surface area contributed by atoms with E-state index in [2.05, 4.69) is 5.32 Å². The molecule has 1 heterocycles. The largest absolute Gasteiger partial charge is 0.465 e. The molecule has 172 valence electrons. The molecule has 1 aliphatic rings. The number of amides is 1. The van der Waals surface area contributed by atoms with Crippen LogP contribution < -0.4 is 5.32 Å². The molecule has 7 nitrogen and oxygen atoms in total. The van der Waals surface area contributed by atoms with E-state index in [-0.39, 0.29) is 28.3 Å². The number of nitrogens with zero attached hydrogens (tertiary/aromatic N) is 1. The molecule has 10 heteroatoms. The Bertz CT molecular complexity index is 1120. The van der Waals surface area contributed by atoms with E-state index in [9.17, 15) is 18.0 Å². The zero-order valence-electron chi connectivity index (χ0n) is 17.7. The van der Waals surface area contributed by atoms with E-state index in [0.717, 1.165) is 5.56 Å². The van der Waals surface area contributed by atoms with Gasteiger partial charge in [-0.3, -0.25) is 4.79 Å². The van der Waals surface area contributed by atoms with Crippen molar-refractivity contribution in [3.8, 4) is 0 Å². The summed E-state index contributed by atoms with van der Waals surface area (Å²) in [6.07, 6.45) is 1.11. The molecule has 0 saturated carbocycles. The lowest BCUT2D eigenvalue weighted by molar-refractivity contribution is -0.120. The molecule has 0 radical (unpaired) electrons. The zero-order chi connectivity index (χ0) is 23.5. The molecule has 1 amide bonds. The van der Waals surface area contributed by atoms with E-state index in [1.807, 2.05) is 6.92 Å². The van der Waals surface area contributed by atoms with Gasteiger partial charge in [0.05, 0.1) is 24.3 Å². The first-order chi connectivity index (χ1) is 15.1. The number of carbonyl (C=O) groups is 2. The number of carbonyl (C=O) groups excluding carboxylic acids is 2. The van der Waals surface area contributed by atoms with E-state index >= 15 is 0 Å². The fourth-order valence-electron chi connectivity index (χ4n) is 3.59. The first-order valence-corrected chi connectivity index (χ1v) is 12.4. The van der Waals surface area contributed by atoms with Crippen molar-refractivity contribution in [3.05, 3.63) is 63.1 Å². The second-order valence-electron chi connectivity index (χ2n) is 7.66. The van der Waals surface area contributed by atoms with Gasteiger partial charge in [0, 0.05) is 34.4 Å². The van der Waals surface area contributed by atoms with Crippen LogP contribution in [-0.2, 0) is 25.3 Å². The zero-order valence-corrected chi connectivity index (χ0v) is 20.1. The summed E-state index contributed by atoms with van der Waals surface area (Å²) < 4.78 is 32.1. The Morgan fingerprint density at radius 3 is 2.53 bits per heavy atom. The van der Waals surface area contributed by atoms with Crippen molar-refractivity contribution in [1.29, 1.82) is 0 Å². The third kappa shape index (κ3) is 5.61. The van der Waals surface area contributed by atoms with Crippen LogP contribution in [-0.4, -0.2) is 44.8 Å². The number of halogens is 2. The van der Waals surface area contributed by atoms with Crippen LogP contribution in [0, 0.1) is 12.8 Å². The number of esters is 1. The van der Waals surface area contributed by atoms with Crippen LogP contribution in [0.3, 0.4) is 0 Å². The van der Waals surface area contributed by atoms with Gasteiger partial charge in [-0.15, -0.1) is 0 Å². The number of hydrogen-bond acceptors (Lipinski definition) is 5. The standard InChI is InChI=1S/C22H24Cl2N2O5S/c1-14-8-9-15(22(28)31-2)11-20(14)25-21(27)16-5-4-10-26(12-16)32(29,30)13-17-18(23)6-3-7-19(17)24/h3,6-9,11,16H,4-5,10,12-13H2,1-2H3,(H,25,27). The minimum absolute atomic E-state index is 0.0615. The summed E-state index contributed by atoms with van der Waals surface area (Å²) in [4.78, 5) is 24.7. The Balaban J connectivity index is 1.73. The minimum Gasteiger partial charge on any atom is -0.465 e. The number of nitrogens with one attached hydrogen (secondary N) is 1. The molecule has 1 saturated heterocycles. The molecular weight excluding hydrogens is 475 g/mol. The van der Waals surface area contributed by atoms with Crippen molar-refractivity contribution >= 4 is 50.8 Å². The molecule has 1 N–H and O–H groups in total. The number of sulfonamides is 1. The van der Waals surface area contributed by atoms with Crippen molar-refractivity contribution in [2.45, 2.75) is 25.5 Å². The highest BCUT2D eigenvalue weighted by molar-refractivity contribution is 7.88. The average Bonchev–Trinajstić information content (AvgIpc) is 2.77.